The van der Waals surface area contributed by atoms with Gasteiger partial charge in [-0.3, -0.25) is 0 Å². The summed E-state index contributed by atoms with van der Waals surface area (Å²) in [6, 6.07) is 2.24. The smallest absolute Gasteiger partial charge is 0.0693 e. The second-order valence-corrected chi connectivity index (χ2v) is 5.86. The molecule has 1 aromatic heterocycles. The van der Waals surface area contributed by atoms with Gasteiger partial charge < -0.3 is 10.4 Å². The molecule has 0 spiro atoms. The van der Waals surface area contributed by atoms with Crippen LogP contribution in [0.25, 0.3) is 0 Å². The summed E-state index contributed by atoms with van der Waals surface area (Å²) >= 11 is 7.54. The number of nitrogens with one attached hydrogen (secondary N) is 1. The Kier molecular flexibility index (Phi) is 4.65. The number of rotatable bonds is 3. The van der Waals surface area contributed by atoms with E-state index in [0.717, 1.165) is 30.8 Å². The largest absolute Gasteiger partial charge is 0.392 e. The van der Waals surface area contributed by atoms with E-state index in [1.165, 1.54) is 17.7 Å². The lowest BCUT2D eigenvalue weighted by Crippen LogP contribution is -2.38. The van der Waals surface area contributed by atoms with Crippen LogP contribution in [0.15, 0.2) is 11.4 Å². The van der Waals surface area contributed by atoms with Crippen molar-refractivity contribution in [1.82, 2.24) is 5.32 Å². The Labute approximate surface area is 106 Å². The van der Waals surface area contributed by atoms with Gasteiger partial charge in [-0.05, 0) is 18.9 Å². The van der Waals surface area contributed by atoms with Crippen LogP contribution in [0.4, 0.5) is 0 Å². The number of hydrogen-bond donors (Lipinski definition) is 2. The van der Waals surface area contributed by atoms with Crippen LogP contribution in [0.2, 0.25) is 5.02 Å². The lowest BCUT2D eigenvalue weighted by Gasteiger charge is -2.21. The minimum absolute atomic E-state index is 0.182. The molecular weight excluding hydrogens is 242 g/mol. The molecule has 16 heavy (non-hydrogen) atoms. The van der Waals surface area contributed by atoms with E-state index in [4.69, 9.17) is 11.6 Å². The zero-order valence-electron chi connectivity index (χ0n) is 9.29. The molecule has 2 unspecified atom stereocenters. The molecule has 0 radical (unpaired) electrons. The molecule has 90 valence electrons. The molecule has 1 aromatic rings. The SMILES string of the molecule is OC1CCCCCC1NCc1cc(Cl)cs1. The molecule has 2 rings (SSSR count). The first-order valence-electron chi connectivity index (χ1n) is 5.90. The van der Waals surface area contributed by atoms with Crippen LogP contribution >= 0.6 is 22.9 Å². The Bertz CT molecular complexity index is 329. The quantitative estimate of drug-likeness (QED) is 0.818. The van der Waals surface area contributed by atoms with Crippen LogP contribution in [0.1, 0.15) is 37.0 Å². The van der Waals surface area contributed by atoms with Crippen LogP contribution in [-0.4, -0.2) is 17.3 Å². The molecule has 0 aliphatic heterocycles. The fourth-order valence-electron chi connectivity index (χ4n) is 2.20. The van der Waals surface area contributed by atoms with Gasteiger partial charge in [-0.1, -0.05) is 30.9 Å². The first kappa shape index (κ1) is 12.4. The summed E-state index contributed by atoms with van der Waals surface area (Å²) in [7, 11) is 0. The van der Waals surface area contributed by atoms with Gasteiger partial charge in [0.15, 0.2) is 0 Å². The molecule has 2 nitrogen and oxygen atoms in total. The molecule has 1 fully saturated rings. The Balaban J connectivity index is 1.83. The van der Waals surface area contributed by atoms with Crippen molar-refractivity contribution in [1.29, 1.82) is 0 Å². The first-order valence-corrected chi connectivity index (χ1v) is 7.16. The summed E-state index contributed by atoms with van der Waals surface area (Å²) in [5.74, 6) is 0. The first-order chi connectivity index (χ1) is 7.75. The molecule has 4 heteroatoms. The maximum atomic E-state index is 9.95. The van der Waals surface area contributed by atoms with Gasteiger partial charge >= 0.3 is 0 Å². The molecule has 1 aliphatic rings. The topological polar surface area (TPSA) is 32.3 Å². The summed E-state index contributed by atoms with van der Waals surface area (Å²) in [6.07, 6.45) is 5.46. The second kappa shape index (κ2) is 6.01. The van der Waals surface area contributed by atoms with Gasteiger partial charge in [0.25, 0.3) is 0 Å². The number of aliphatic hydroxyl groups is 1. The third-order valence-corrected chi connectivity index (χ3v) is 4.42. The summed E-state index contributed by atoms with van der Waals surface area (Å²) in [6.45, 7) is 0.819. The van der Waals surface area contributed by atoms with E-state index < -0.39 is 0 Å². The lowest BCUT2D eigenvalue weighted by molar-refractivity contribution is 0.119. The van der Waals surface area contributed by atoms with Gasteiger partial charge in [0.05, 0.1) is 11.1 Å². The molecular formula is C12H18ClNOS. The van der Waals surface area contributed by atoms with E-state index in [1.54, 1.807) is 11.3 Å². The number of aliphatic hydroxyl groups excluding tert-OH is 1. The molecule has 1 saturated carbocycles. The Hall–Kier alpha value is -0.0900. The molecule has 1 heterocycles. The van der Waals surface area contributed by atoms with Crippen molar-refractivity contribution < 1.29 is 5.11 Å². The van der Waals surface area contributed by atoms with E-state index in [-0.39, 0.29) is 12.1 Å². The maximum Gasteiger partial charge on any atom is 0.0693 e. The van der Waals surface area contributed by atoms with Crippen molar-refractivity contribution in [2.75, 3.05) is 0 Å². The Morgan fingerprint density at radius 3 is 2.94 bits per heavy atom. The average molecular weight is 260 g/mol. The summed E-state index contributed by atoms with van der Waals surface area (Å²) in [5.41, 5.74) is 0. The average Bonchev–Trinajstić information content (AvgIpc) is 2.56. The molecule has 0 saturated heterocycles. The summed E-state index contributed by atoms with van der Waals surface area (Å²) < 4.78 is 0. The molecule has 0 aromatic carbocycles. The number of thiophene rings is 1. The predicted molar refractivity (Wildman–Crippen MR) is 69.0 cm³/mol. The monoisotopic (exact) mass is 259 g/mol. The van der Waals surface area contributed by atoms with Crippen molar-refractivity contribution in [3.8, 4) is 0 Å². The fraction of sp³-hybridized carbons (Fsp3) is 0.667. The fourth-order valence-corrected chi connectivity index (χ4v) is 3.23. The Morgan fingerprint density at radius 1 is 1.38 bits per heavy atom. The standard InChI is InChI=1S/C12H18ClNOS/c13-9-6-10(16-8-9)7-14-11-4-2-1-3-5-12(11)15/h6,8,11-12,14-15H,1-5,7H2. The van der Waals surface area contributed by atoms with Crippen molar-refractivity contribution in [2.45, 2.75) is 50.8 Å². The molecule has 2 N–H and O–H groups in total. The molecule has 2 atom stereocenters. The highest BCUT2D eigenvalue weighted by Crippen LogP contribution is 2.21. The highest BCUT2D eigenvalue weighted by Gasteiger charge is 2.20. The minimum atomic E-state index is -0.182. The zero-order chi connectivity index (χ0) is 11.4. The van der Waals surface area contributed by atoms with Crippen LogP contribution in [-0.2, 0) is 6.54 Å². The third kappa shape index (κ3) is 3.45. The molecule has 1 aliphatic carbocycles. The van der Waals surface area contributed by atoms with Crippen LogP contribution in [0, 0.1) is 0 Å². The minimum Gasteiger partial charge on any atom is -0.392 e. The summed E-state index contributed by atoms with van der Waals surface area (Å²) in [4.78, 5) is 1.24. The van der Waals surface area contributed by atoms with Crippen LogP contribution < -0.4 is 5.32 Å². The van der Waals surface area contributed by atoms with Crippen molar-refractivity contribution in [3.63, 3.8) is 0 Å². The van der Waals surface area contributed by atoms with Crippen LogP contribution in [0.3, 0.4) is 0 Å². The van der Waals surface area contributed by atoms with Crippen molar-refractivity contribution in [3.05, 3.63) is 21.3 Å². The second-order valence-electron chi connectivity index (χ2n) is 4.42. The van der Waals surface area contributed by atoms with Gasteiger partial charge in [-0.2, -0.15) is 0 Å². The molecule has 0 bridgehead atoms. The van der Waals surface area contributed by atoms with E-state index in [1.807, 2.05) is 11.4 Å². The van der Waals surface area contributed by atoms with Crippen LogP contribution in [0.5, 0.6) is 0 Å². The highest BCUT2D eigenvalue weighted by molar-refractivity contribution is 7.10. The van der Waals surface area contributed by atoms with E-state index in [2.05, 4.69) is 5.32 Å². The van der Waals surface area contributed by atoms with Crippen molar-refractivity contribution in [2.24, 2.45) is 0 Å². The van der Waals surface area contributed by atoms with E-state index in [0.29, 0.717) is 0 Å². The lowest BCUT2D eigenvalue weighted by atomic mass is 10.1. The zero-order valence-corrected chi connectivity index (χ0v) is 10.9. The summed E-state index contributed by atoms with van der Waals surface area (Å²) in [5, 5.41) is 16.1. The van der Waals surface area contributed by atoms with Gasteiger partial charge in [-0.15, -0.1) is 11.3 Å². The normalized spacial score (nSPS) is 26.6. The van der Waals surface area contributed by atoms with Gasteiger partial charge in [-0.25, -0.2) is 0 Å². The van der Waals surface area contributed by atoms with Gasteiger partial charge in [0.1, 0.15) is 0 Å². The van der Waals surface area contributed by atoms with E-state index >= 15 is 0 Å². The maximum absolute atomic E-state index is 9.95. The van der Waals surface area contributed by atoms with Gasteiger partial charge in [0, 0.05) is 22.8 Å². The number of hydrogen-bond acceptors (Lipinski definition) is 3. The number of halogens is 1. The Morgan fingerprint density at radius 2 is 2.19 bits per heavy atom. The van der Waals surface area contributed by atoms with Crippen molar-refractivity contribution >= 4 is 22.9 Å². The highest BCUT2D eigenvalue weighted by atomic mass is 35.5. The van der Waals surface area contributed by atoms with Gasteiger partial charge in [0.2, 0.25) is 0 Å². The van der Waals surface area contributed by atoms with E-state index in [9.17, 15) is 5.11 Å². The third-order valence-electron chi connectivity index (χ3n) is 3.14. The molecule has 0 amide bonds. The predicted octanol–water partition coefficient (Wildman–Crippen LogP) is 3.18.